The van der Waals surface area contributed by atoms with Gasteiger partial charge in [-0.3, -0.25) is 47.6 Å². The Kier molecular flexibility index (Phi) is 31.3. The van der Waals surface area contributed by atoms with Crippen LogP contribution in [-0.2, 0) is 70.6 Å². The van der Waals surface area contributed by atoms with E-state index >= 15 is 0 Å². The Morgan fingerprint density at radius 3 is 1.32 bits per heavy atom. The summed E-state index contributed by atoms with van der Waals surface area (Å²) in [6.45, 7) is 6.00. The number of halogens is 9. The van der Waals surface area contributed by atoms with E-state index in [1.807, 2.05) is 57.1 Å². The van der Waals surface area contributed by atoms with Crippen LogP contribution in [0.2, 0.25) is 5.02 Å². The first-order valence-electron chi connectivity index (χ1n) is 42.1. The fourth-order valence-corrected chi connectivity index (χ4v) is 16.6. The molecule has 133 heavy (non-hydrogen) atoms. The van der Waals surface area contributed by atoms with E-state index in [4.69, 9.17) is 45.5 Å². The molecular formula is C99H92ClF8N13O11S. The second kappa shape index (κ2) is 43.2. The standard InChI is InChI=1S/C36H34ClN5O5S.C32H26F4N4O3.C31H32F4N4O3/c1-24-22-34(31-23-25(37)8-17-33(31)39-24)38-19-21-41(48(44,45)29-15-13-28(47-3)14-16-29)20-18-35-40-32-7-5-4-6-30(32)36(43)42(35)26-9-11-27(46-2)12-10-26;1-43-24-11-9-23(10-12-24)40-29(38-28-7-3-2-6-25(28)31(40)42)14-16-39(20-22-5-4-15-37-19-22)30(41)18-21-8-13-26(27(33)17-21)32(34,35)36;1-4-42-23-12-10-22(11-13-23)39-28(36-27-8-6-5-7-24(27)30(39)41)15-16-38(18-17-37(2)3)29(40)20-21-9-14-25(26(32)19-21)31(33,34)35/h4-17,22-23H,18-21H2,1-3H3,(H,38,39);2-13,15,17,19H,14,16,18,20H2,1H3;5-14,19H,4,15-18,20H2,1-3H3. The molecule has 15 rings (SSSR count). The van der Waals surface area contributed by atoms with Crippen LogP contribution in [0, 0.1) is 18.6 Å². The van der Waals surface area contributed by atoms with Crippen molar-refractivity contribution in [2.45, 2.75) is 69.7 Å². The Morgan fingerprint density at radius 2 is 0.887 bits per heavy atom. The molecule has 0 spiro atoms. The summed E-state index contributed by atoms with van der Waals surface area (Å²) < 4.78 is 162. The maximum atomic E-state index is 14.2. The van der Waals surface area contributed by atoms with Crippen LogP contribution in [0.1, 0.15) is 57.9 Å². The van der Waals surface area contributed by atoms with Gasteiger partial charge in [0.25, 0.3) is 16.7 Å². The van der Waals surface area contributed by atoms with Gasteiger partial charge in [0.15, 0.2) is 0 Å². The van der Waals surface area contributed by atoms with Gasteiger partial charge in [0.1, 0.15) is 52.1 Å². The third-order valence-corrected chi connectivity index (χ3v) is 23.8. The average molecular weight is 1860 g/mol. The summed E-state index contributed by atoms with van der Waals surface area (Å²) in [6, 6.07) is 64.3. The van der Waals surface area contributed by atoms with E-state index in [0.717, 1.165) is 46.5 Å². The van der Waals surface area contributed by atoms with Crippen LogP contribution in [0.25, 0.3) is 60.7 Å². The molecule has 0 unspecified atom stereocenters. The number of para-hydroxylation sites is 3. The Balaban J connectivity index is 0.000000170. The number of hydrogen-bond donors (Lipinski definition) is 1. The summed E-state index contributed by atoms with van der Waals surface area (Å²) in [4.78, 5) is 96.0. The van der Waals surface area contributed by atoms with E-state index in [1.54, 1.807) is 194 Å². The highest BCUT2D eigenvalue weighted by molar-refractivity contribution is 7.89. The number of pyridine rings is 2. The molecule has 0 bridgehead atoms. The van der Waals surface area contributed by atoms with Crippen LogP contribution in [0.4, 0.5) is 40.8 Å². The Morgan fingerprint density at radius 1 is 0.459 bits per heavy atom. The number of ether oxygens (including phenoxy) is 4. The van der Waals surface area contributed by atoms with Crippen LogP contribution in [0.5, 0.6) is 23.0 Å². The van der Waals surface area contributed by atoms with E-state index < -0.39 is 51.0 Å². The quantitative estimate of drug-likeness (QED) is 0.0384. The van der Waals surface area contributed by atoms with Gasteiger partial charge in [-0.1, -0.05) is 66.2 Å². The van der Waals surface area contributed by atoms with Gasteiger partial charge in [0.05, 0.1) is 112 Å². The molecule has 0 atom stereocenters. The average Bonchev–Trinajstić information content (AvgIpc) is 0.773. The number of carbonyl (C=O) groups is 2. The number of aryl methyl sites for hydroxylation is 1. The number of alkyl halides is 6. The number of amides is 2. The molecule has 2 amide bonds. The van der Waals surface area contributed by atoms with Crippen LogP contribution >= 0.6 is 11.6 Å². The second-order valence-corrected chi connectivity index (χ2v) is 33.3. The minimum atomic E-state index is -4.84. The molecule has 0 saturated carbocycles. The van der Waals surface area contributed by atoms with Crippen molar-refractivity contribution in [1.82, 2.24) is 57.6 Å². The lowest BCUT2D eigenvalue weighted by molar-refractivity contribution is -0.140. The Bertz CT molecular complexity index is 6980. The first-order valence-corrected chi connectivity index (χ1v) is 43.9. The van der Waals surface area contributed by atoms with Crippen molar-refractivity contribution in [2.75, 3.05) is 93.2 Å². The van der Waals surface area contributed by atoms with Crippen LogP contribution < -0.4 is 40.9 Å². The number of likely N-dealkylation sites (N-methyl/N-ethyl adjacent to an activating group) is 1. The van der Waals surface area contributed by atoms with Gasteiger partial charge >= 0.3 is 12.4 Å². The third kappa shape index (κ3) is 23.9. The summed E-state index contributed by atoms with van der Waals surface area (Å²) in [5, 5.41) is 6.14. The molecule has 5 heterocycles. The van der Waals surface area contributed by atoms with Crippen molar-refractivity contribution >= 4 is 82.7 Å². The van der Waals surface area contributed by atoms with Gasteiger partial charge in [-0.15, -0.1) is 0 Å². The minimum Gasteiger partial charge on any atom is -0.497 e. The monoisotopic (exact) mass is 1860 g/mol. The van der Waals surface area contributed by atoms with Gasteiger partial charge in [0, 0.05) is 106 Å². The summed E-state index contributed by atoms with van der Waals surface area (Å²) in [6.07, 6.45) is -6.54. The molecule has 0 saturated heterocycles. The highest BCUT2D eigenvalue weighted by Gasteiger charge is 2.36. The molecule has 0 aliphatic rings. The number of methoxy groups -OCH3 is 3. The lowest BCUT2D eigenvalue weighted by atomic mass is 10.1. The second-order valence-electron chi connectivity index (χ2n) is 30.9. The number of carbonyl (C=O) groups excluding carboxylic acids is 2. The highest BCUT2D eigenvalue weighted by Crippen LogP contribution is 2.35. The number of fused-ring (bicyclic) bond motifs is 4. The van der Waals surface area contributed by atoms with Gasteiger partial charge in [-0.25, -0.2) is 32.2 Å². The zero-order valence-corrected chi connectivity index (χ0v) is 74.9. The molecule has 0 aliphatic carbocycles. The molecular weight excluding hydrogens is 1770 g/mol. The molecule has 15 aromatic rings. The SMILES string of the molecule is CCOc1ccc(-n2c(CCN(CCN(C)C)C(=O)Cc3ccc(C(F)(F)F)c(F)c3)nc3ccccc3c2=O)cc1.COc1ccc(-n2c(CCN(CCNc3cc(C)nc4ccc(Cl)cc34)S(=O)(=O)c3ccc(OC)cc3)nc3ccccc3c2=O)cc1.COc1ccc(-n2c(CCN(Cc3cccnc3)C(=O)Cc3ccc(C(F)(F)F)c(F)c3)nc3ccccc3c2=O)cc1. The fourth-order valence-electron chi connectivity index (χ4n) is 14.9. The zero-order chi connectivity index (χ0) is 94.8. The molecule has 34 heteroatoms. The molecule has 0 radical (unpaired) electrons. The molecule has 24 nitrogen and oxygen atoms in total. The number of aromatic nitrogens is 8. The van der Waals surface area contributed by atoms with E-state index in [1.165, 1.54) is 49.3 Å². The Labute approximate surface area is 764 Å². The van der Waals surface area contributed by atoms with Crippen molar-refractivity contribution < 1.29 is 72.1 Å². The number of nitrogens with zero attached hydrogens (tertiary/aromatic N) is 12. The predicted molar refractivity (Wildman–Crippen MR) is 494 cm³/mol. The predicted octanol–water partition coefficient (Wildman–Crippen LogP) is 17.1. The van der Waals surface area contributed by atoms with Gasteiger partial charge < -0.3 is 39.0 Å². The summed E-state index contributed by atoms with van der Waals surface area (Å²) in [7, 11) is 4.36. The largest absolute Gasteiger partial charge is 0.497 e. The highest BCUT2D eigenvalue weighted by atomic mass is 35.5. The number of sulfonamides is 1. The van der Waals surface area contributed by atoms with Crippen molar-refractivity contribution in [3.05, 3.63) is 354 Å². The fraction of sp³-hybridized carbons (Fsp3) is 0.232. The van der Waals surface area contributed by atoms with E-state index in [0.29, 0.717) is 133 Å². The first kappa shape index (κ1) is 96.3. The maximum absolute atomic E-state index is 14.2. The van der Waals surface area contributed by atoms with E-state index in [2.05, 4.69) is 15.3 Å². The van der Waals surface area contributed by atoms with Crippen molar-refractivity contribution in [3.8, 4) is 40.1 Å². The topological polar surface area (TPSA) is 261 Å². The maximum Gasteiger partial charge on any atom is 0.419 e. The van der Waals surface area contributed by atoms with Crippen molar-refractivity contribution in [2.24, 2.45) is 0 Å². The van der Waals surface area contributed by atoms with Gasteiger partial charge in [-0.05, 0) is 233 Å². The van der Waals surface area contributed by atoms with Crippen molar-refractivity contribution in [3.63, 3.8) is 0 Å². The summed E-state index contributed by atoms with van der Waals surface area (Å²) >= 11 is 6.29. The Hall–Kier alpha value is -14.3. The smallest absolute Gasteiger partial charge is 0.419 e. The number of hydrogen-bond acceptors (Lipinski definition) is 18. The minimum absolute atomic E-state index is 0.0545. The van der Waals surface area contributed by atoms with Gasteiger partial charge in [0.2, 0.25) is 21.8 Å². The van der Waals surface area contributed by atoms with Crippen molar-refractivity contribution in [1.29, 1.82) is 0 Å². The number of anilines is 1. The number of benzene rings is 10. The lowest BCUT2D eigenvalue weighted by Gasteiger charge is -2.25. The first-order chi connectivity index (χ1) is 63.8. The van der Waals surface area contributed by atoms with E-state index in [-0.39, 0.29) is 110 Å². The molecule has 1 N–H and O–H groups in total. The molecule has 688 valence electrons. The zero-order valence-electron chi connectivity index (χ0n) is 73.3. The normalized spacial score (nSPS) is 11.6. The van der Waals surface area contributed by atoms with Crippen LogP contribution in [-0.4, -0.2) is 166 Å². The van der Waals surface area contributed by atoms with E-state index in [9.17, 15) is 67.5 Å². The lowest BCUT2D eigenvalue weighted by Crippen LogP contribution is -2.39. The summed E-state index contributed by atoms with van der Waals surface area (Å²) in [5.41, 5.74) is 3.08. The summed E-state index contributed by atoms with van der Waals surface area (Å²) in [5.74, 6) is 0.0312. The molecule has 10 aromatic carbocycles. The number of nitrogens with one attached hydrogen (secondary N) is 1. The molecule has 0 fully saturated rings. The van der Waals surface area contributed by atoms with Gasteiger partial charge in [-0.2, -0.15) is 30.6 Å². The van der Waals surface area contributed by atoms with Crippen LogP contribution in [0.15, 0.2) is 274 Å². The molecule has 5 aromatic heterocycles. The molecule has 0 aliphatic heterocycles. The van der Waals surface area contributed by atoms with Crippen LogP contribution in [0.3, 0.4) is 0 Å². The number of rotatable bonds is 32. The third-order valence-electron chi connectivity index (χ3n) is 21.7.